The second-order valence-electron chi connectivity index (χ2n) is 6.82. The van der Waals surface area contributed by atoms with Crippen LogP contribution in [-0.4, -0.2) is 23.8 Å². The number of rotatable bonds is 6. The van der Waals surface area contributed by atoms with Crippen LogP contribution in [0.25, 0.3) is 0 Å². The number of hydrogen-bond acceptors (Lipinski definition) is 5. The van der Waals surface area contributed by atoms with E-state index in [1.807, 2.05) is 30.3 Å². The number of pyridine rings is 1. The van der Waals surface area contributed by atoms with Crippen molar-refractivity contribution in [3.63, 3.8) is 0 Å². The van der Waals surface area contributed by atoms with Crippen molar-refractivity contribution < 1.29 is 9.53 Å². The zero-order chi connectivity index (χ0) is 19.2. The molecule has 3 rings (SSSR count). The van der Waals surface area contributed by atoms with E-state index in [1.54, 1.807) is 7.11 Å². The van der Waals surface area contributed by atoms with Crippen LogP contribution in [-0.2, 0) is 24.2 Å². The van der Waals surface area contributed by atoms with E-state index in [2.05, 4.69) is 23.3 Å². The number of carbonyl (C=O) groups excluding carboxylic acids is 1. The number of nitrogens with one attached hydrogen (secondary N) is 1. The summed E-state index contributed by atoms with van der Waals surface area (Å²) in [4.78, 5) is 16.9. The van der Waals surface area contributed by atoms with Gasteiger partial charge in [-0.2, -0.15) is 5.26 Å². The highest BCUT2D eigenvalue weighted by atomic mass is 32.2. The summed E-state index contributed by atoms with van der Waals surface area (Å²) in [5.74, 6) is 1.59. The maximum absolute atomic E-state index is 12.2. The molecule has 6 heteroatoms. The van der Waals surface area contributed by atoms with Gasteiger partial charge in [0.1, 0.15) is 16.8 Å². The van der Waals surface area contributed by atoms with Crippen LogP contribution >= 0.6 is 11.8 Å². The number of ether oxygens (including phenoxy) is 1. The van der Waals surface area contributed by atoms with E-state index in [-0.39, 0.29) is 11.7 Å². The molecule has 27 heavy (non-hydrogen) atoms. The maximum Gasteiger partial charge on any atom is 0.230 e. The normalized spacial score (nSPS) is 15.5. The van der Waals surface area contributed by atoms with Crippen molar-refractivity contribution in [3.05, 3.63) is 52.7 Å². The molecule has 1 unspecified atom stereocenters. The van der Waals surface area contributed by atoms with Crippen molar-refractivity contribution in [3.8, 4) is 11.8 Å². The summed E-state index contributed by atoms with van der Waals surface area (Å²) < 4.78 is 5.13. The number of hydrogen-bond donors (Lipinski definition) is 1. The van der Waals surface area contributed by atoms with Crippen LogP contribution < -0.4 is 10.1 Å². The lowest BCUT2D eigenvalue weighted by Crippen LogP contribution is -2.24. The van der Waals surface area contributed by atoms with Crippen molar-refractivity contribution in [2.24, 2.45) is 5.92 Å². The standard InChI is InChI=1S/C21H23N3O2S/c1-14-3-8-19-16(9-14)10-17(11-22)21(24-19)27-13-20(25)23-12-15-4-6-18(26-2)7-5-15/h4-7,10,14H,3,8-9,12-13H2,1-2H3,(H,23,25). The highest BCUT2D eigenvalue weighted by molar-refractivity contribution is 8.00. The summed E-state index contributed by atoms with van der Waals surface area (Å²) in [6.07, 6.45) is 3.04. The van der Waals surface area contributed by atoms with Gasteiger partial charge in [-0.25, -0.2) is 4.98 Å². The molecule has 0 saturated carbocycles. The Morgan fingerprint density at radius 3 is 2.89 bits per heavy atom. The minimum Gasteiger partial charge on any atom is -0.497 e. The minimum absolute atomic E-state index is 0.0761. The Hall–Kier alpha value is -2.52. The molecule has 1 aromatic heterocycles. The smallest absolute Gasteiger partial charge is 0.230 e. The molecule has 0 radical (unpaired) electrons. The number of fused-ring (bicyclic) bond motifs is 1. The van der Waals surface area contributed by atoms with Gasteiger partial charge in [0.05, 0.1) is 18.4 Å². The third-order valence-corrected chi connectivity index (χ3v) is 5.70. The Kier molecular flexibility index (Phi) is 6.36. The highest BCUT2D eigenvalue weighted by Crippen LogP contribution is 2.29. The second-order valence-corrected chi connectivity index (χ2v) is 7.78. The molecule has 1 aromatic carbocycles. The van der Waals surface area contributed by atoms with E-state index in [0.29, 0.717) is 23.1 Å². The molecule has 140 valence electrons. The first kappa shape index (κ1) is 19.2. The maximum atomic E-state index is 12.2. The monoisotopic (exact) mass is 381 g/mol. The van der Waals surface area contributed by atoms with Gasteiger partial charge in [-0.1, -0.05) is 30.8 Å². The zero-order valence-electron chi connectivity index (χ0n) is 15.6. The summed E-state index contributed by atoms with van der Waals surface area (Å²) in [6.45, 7) is 2.69. The molecule has 0 saturated heterocycles. The van der Waals surface area contributed by atoms with Gasteiger partial charge in [-0.15, -0.1) is 0 Å². The van der Waals surface area contributed by atoms with E-state index in [0.717, 1.165) is 36.3 Å². The molecule has 1 amide bonds. The SMILES string of the molecule is COc1ccc(CNC(=O)CSc2nc3c(cc2C#N)CC(C)CC3)cc1. The molecule has 5 nitrogen and oxygen atoms in total. The lowest BCUT2D eigenvalue weighted by molar-refractivity contribution is -0.118. The molecule has 1 atom stereocenters. The summed E-state index contributed by atoms with van der Waals surface area (Å²) in [7, 11) is 1.62. The van der Waals surface area contributed by atoms with E-state index >= 15 is 0 Å². The van der Waals surface area contributed by atoms with E-state index in [1.165, 1.54) is 17.3 Å². The first-order valence-electron chi connectivity index (χ1n) is 9.04. The van der Waals surface area contributed by atoms with Crippen LogP contribution in [0.4, 0.5) is 0 Å². The van der Waals surface area contributed by atoms with Crippen LogP contribution in [0.3, 0.4) is 0 Å². The fourth-order valence-corrected chi connectivity index (χ4v) is 3.95. The largest absolute Gasteiger partial charge is 0.497 e. The van der Waals surface area contributed by atoms with Crippen molar-refractivity contribution in [1.29, 1.82) is 5.26 Å². The van der Waals surface area contributed by atoms with Gasteiger partial charge >= 0.3 is 0 Å². The predicted molar refractivity (Wildman–Crippen MR) is 106 cm³/mol. The molecule has 0 spiro atoms. The number of aryl methyl sites for hydroxylation is 1. The van der Waals surface area contributed by atoms with Crippen LogP contribution in [0.1, 0.15) is 35.7 Å². The number of aromatic nitrogens is 1. The molecule has 0 bridgehead atoms. The number of nitrogens with zero attached hydrogens (tertiary/aromatic N) is 2. The molecule has 1 aliphatic rings. The van der Waals surface area contributed by atoms with Crippen LogP contribution in [0, 0.1) is 17.2 Å². The van der Waals surface area contributed by atoms with Gasteiger partial charge in [-0.05, 0) is 54.5 Å². The van der Waals surface area contributed by atoms with Crippen molar-refractivity contribution in [2.45, 2.75) is 37.8 Å². The van der Waals surface area contributed by atoms with Crippen LogP contribution in [0.15, 0.2) is 35.4 Å². The number of benzene rings is 1. The average molecular weight is 382 g/mol. The number of amides is 1. The third-order valence-electron chi connectivity index (χ3n) is 4.71. The summed E-state index contributed by atoms with van der Waals surface area (Å²) in [5.41, 5.74) is 3.83. The van der Waals surface area contributed by atoms with E-state index in [4.69, 9.17) is 4.74 Å². The third kappa shape index (κ3) is 5.01. The van der Waals surface area contributed by atoms with Gasteiger partial charge in [0.25, 0.3) is 0 Å². The first-order valence-corrected chi connectivity index (χ1v) is 10.0. The van der Waals surface area contributed by atoms with Crippen molar-refractivity contribution >= 4 is 17.7 Å². The Morgan fingerprint density at radius 1 is 1.41 bits per heavy atom. The first-order chi connectivity index (χ1) is 13.1. The molecule has 0 aliphatic heterocycles. The van der Waals surface area contributed by atoms with Gasteiger partial charge in [0.15, 0.2) is 0 Å². The van der Waals surface area contributed by atoms with Crippen molar-refractivity contribution in [1.82, 2.24) is 10.3 Å². The second kappa shape index (κ2) is 8.92. The zero-order valence-corrected chi connectivity index (χ0v) is 16.4. The highest BCUT2D eigenvalue weighted by Gasteiger charge is 2.19. The molecule has 2 aromatic rings. The van der Waals surface area contributed by atoms with E-state index in [9.17, 15) is 10.1 Å². The Labute approximate surface area is 164 Å². The number of methoxy groups -OCH3 is 1. The van der Waals surface area contributed by atoms with Crippen LogP contribution in [0.5, 0.6) is 5.75 Å². The Morgan fingerprint density at radius 2 is 2.19 bits per heavy atom. The quantitative estimate of drug-likeness (QED) is 0.775. The number of carbonyl (C=O) groups is 1. The molecular formula is C21H23N3O2S. The molecule has 1 heterocycles. The topological polar surface area (TPSA) is 75.0 Å². The molecule has 1 N–H and O–H groups in total. The fraction of sp³-hybridized carbons (Fsp3) is 0.381. The lowest BCUT2D eigenvalue weighted by atomic mass is 9.87. The van der Waals surface area contributed by atoms with Gasteiger partial charge < -0.3 is 10.1 Å². The van der Waals surface area contributed by atoms with Crippen LogP contribution in [0.2, 0.25) is 0 Å². The van der Waals surface area contributed by atoms with E-state index < -0.39 is 0 Å². The number of nitriles is 1. The summed E-state index contributed by atoms with van der Waals surface area (Å²) >= 11 is 1.33. The molecule has 0 fully saturated rings. The van der Waals surface area contributed by atoms with Gasteiger partial charge in [-0.3, -0.25) is 4.79 Å². The molecular weight excluding hydrogens is 358 g/mol. The number of thioether (sulfide) groups is 1. The average Bonchev–Trinajstić information content (AvgIpc) is 2.70. The summed E-state index contributed by atoms with van der Waals surface area (Å²) in [6, 6.07) is 11.8. The fourth-order valence-electron chi connectivity index (χ4n) is 3.15. The van der Waals surface area contributed by atoms with Crippen molar-refractivity contribution in [2.75, 3.05) is 12.9 Å². The Balaban J connectivity index is 1.57. The predicted octanol–water partition coefficient (Wildman–Crippen LogP) is 3.50. The van der Waals surface area contributed by atoms with Gasteiger partial charge in [0.2, 0.25) is 5.91 Å². The Bertz CT molecular complexity index is 859. The minimum atomic E-state index is -0.0761. The lowest BCUT2D eigenvalue weighted by Gasteiger charge is -2.21. The summed E-state index contributed by atoms with van der Waals surface area (Å²) in [5, 5.41) is 13.0. The van der Waals surface area contributed by atoms with Gasteiger partial charge in [0, 0.05) is 12.2 Å². The molecule has 1 aliphatic carbocycles.